The Labute approximate surface area is 90.3 Å². The SMILES string of the molecule is Fc1ccc(Br)nc1N1CC2CC2C1. The molecule has 2 nitrogen and oxygen atoms in total. The number of piperidine rings is 1. The molecule has 0 spiro atoms. The zero-order valence-corrected chi connectivity index (χ0v) is 9.17. The highest BCUT2D eigenvalue weighted by molar-refractivity contribution is 9.10. The van der Waals surface area contributed by atoms with E-state index in [1.807, 2.05) is 0 Å². The third-order valence-corrected chi connectivity index (χ3v) is 3.51. The van der Waals surface area contributed by atoms with Crippen LogP contribution in [0.15, 0.2) is 16.7 Å². The van der Waals surface area contributed by atoms with Crippen molar-refractivity contribution in [2.75, 3.05) is 18.0 Å². The van der Waals surface area contributed by atoms with Crippen LogP contribution in [-0.4, -0.2) is 18.1 Å². The van der Waals surface area contributed by atoms with Crippen molar-refractivity contribution in [1.82, 2.24) is 4.98 Å². The van der Waals surface area contributed by atoms with Gasteiger partial charge < -0.3 is 4.90 Å². The summed E-state index contributed by atoms with van der Waals surface area (Å²) in [6.07, 6.45) is 1.33. The summed E-state index contributed by atoms with van der Waals surface area (Å²) >= 11 is 3.27. The second-order valence-corrected chi connectivity index (χ2v) is 4.91. The molecule has 1 aromatic rings. The number of halogens is 2. The maximum absolute atomic E-state index is 13.4. The number of fused-ring (bicyclic) bond motifs is 1. The monoisotopic (exact) mass is 256 g/mol. The topological polar surface area (TPSA) is 16.1 Å². The highest BCUT2D eigenvalue weighted by atomic mass is 79.9. The minimum Gasteiger partial charge on any atom is -0.354 e. The van der Waals surface area contributed by atoms with E-state index in [1.54, 1.807) is 6.07 Å². The summed E-state index contributed by atoms with van der Waals surface area (Å²) in [5.74, 6) is 1.89. The minimum atomic E-state index is -0.213. The first-order valence-corrected chi connectivity index (χ1v) is 5.60. The molecule has 3 rings (SSSR count). The molecular formula is C10H10BrFN2. The Kier molecular flexibility index (Phi) is 1.81. The van der Waals surface area contributed by atoms with Gasteiger partial charge in [0.05, 0.1) is 0 Å². The molecule has 2 fully saturated rings. The molecule has 1 saturated carbocycles. The highest BCUT2D eigenvalue weighted by Gasteiger charge is 2.45. The Hall–Kier alpha value is -0.640. The van der Waals surface area contributed by atoms with E-state index in [9.17, 15) is 4.39 Å². The molecule has 0 N–H and O–H groups in total. The van der Waals surface area contributed by atoms with Crippen LogP contribution in [0.4, 0.5) is 10.2 Å². The van der Waals surface area contributed by atoms with Crippen LogP contribution in [-0.2, 0) is 0 Å². The highest BCUT2D eigenvalue weighted by Crippen LogP contribution is 2.46. The number of pyridine rings is 1. The molecule has 2 heterocycles. The van der Waals surface area contributed by atoms with Gasteiger partial charge in [0.2, 0.25) is 0 Å². The van der Waals surface area contributed by atoms with Gasteiger partial charge in [0.15, 0.2) is 11.6 Å². The van der Waals surface area contributed by atoms with Crippen LogP contribution in [0.5, 0.6) is 0 Å². The van der Waals surface area contributed by atoms with Crippen molar-refractivity contribution in [3.05, 3.63) is 22.6 Å². The first-order valence-electron chi connectivity index (χ1n) is 4.81. The lowest BCUT2D eigenvalue weighted by molar-refractivity contribution is 0.610. The maximum atomic E-state index is 13.4. The molecule has 1 aromatic heterocycles. The summed E-state index contributed by atoms with van der Waals surface area (Å²) in [4.78, 5) is 6.23. The number of aromatic nitrogens is 1. The van der Waals surface area contributed by atoms with Gasteiger partial charge in [0.25, 0.3) is 0 Å². The lowest BCUT2D eigenvalue weighted by Crippen LogP contribution is -2.24. The number of rotatable bonds is 1. The summed E-state index contributed by atoms with van der Waals surface area (Å²) in [7, 11) is 0. The molecule has 14 heavy (non-hydrogen) atoms. The van der Waals surface area contributed by atoms with E-state index < -0.39 is 0 Å². The fourth-order valence-electron chi connectivity index (χ4n) is 2.20. The third-order valence-electron chi connectivity index (χ3n) is 3.07. The normalized spacial score (nSPS) is 29.1. The molecule has 0 bridgehead atoms. The zero-order valence-electron chi connectivity index (χ0n) is 7.58. The van der Waals surface area contributed by atoms with E-state index in [4.69, 9.17) is 0 Å². The van der Waals surface area contributed by atoms with E-state index in [-0.39, 0.29) is 5.82 Å². The van der Waals surface area contributed by atoms with Crippen LogP contribution in [0, 0.1) is 17.7 Å². The van der Waals surface area contributed by atoms with Crippen molar-refractivity contribution in [2.24, 2.45) is 11.8 Å². The van der Waals surface area contributed by atoms with Gasteiger partial charge in [-0.25, -0.2) is 9.37 Å². The number of hydrogen-bond donors (Lipinski definition) is 0. The summed E-state index contributed by atoms with van der Waals surface area (Å²) < 4.78 is 14.1. The summed E-state index contributed by atoms with van der Waals surface area (Å²) in [6.45, 7) is 1.95. The lowest BCUT2D eigenvalue weighted by atomic mass is 10.4. The molecular weight excluding hydrogens is 247 g/mol. The molecule has 2 unspecified atom stereocenters. The van der Waals surface area contributed by atoms with Crippen LogP contribution in [0.2, 0.25) is 0 Å². The van der Waals surface area contributed by atoms with Crippen LogP contribution in [0.1, 0.15) is 6.42 Å². The molecule has 4 heteroatoms. The van der Waals surface area contributed by atoms with E-state index in [1.165, 1.54) is 12.5 Å². The molecule has 2 atom stereocenters. The van der Waals surface area contributed by atoms with Crippen LogP contribution >= 0.6 is 15.9 Å². The lowest BCUT2D eigenvalue weighted by Gasteiger charge is -2.19. The average molecular weight is 257 g/mol. The smallest absolute Gasteiger partial charge is 0.166 e. The number of hydrogen-bond acceptors (Lipinski definition) is 2. The van der Waals surface area contributed by atoms with Crippen LogP contribution in [0.25, 0.3) is 0 Å². The van der Waals surface area contributed by atoms with Gasteiger partial charge in [-0.1, -0.05) is 0 Å². The Morgan fingerprint density at radius 3 is 2.79 bits per heavy atom. The summed E-state index contributed by atoms with van der Waals surface area (Å²) in [6, 6.07) is 3.10. The molecule has 1 aliphatic carbocycles. The van der Waals surface area contributed by atoms with Crippen molar-refractivity contribution >= 4 is 21.7 Å². The van der Waals surface area contributed by atoms with Crippen molar-refractivity contribution < 1.29 is 4.39 Å². The Morgan fingerprint density at radius 1 is 1.36 bits per heavy atom. The molecule has 0 aromatic carbocycles. The second-order valence-electron chi connectivity index (χ2n) is 4.10. The molecule has 1 saturated heterocycles. The van der Waals surface area contributed by atoms with E-state index >= 15 is 0 Å². The predicted molar refractivity (Wildman–Crippen MR) is 55.7 cm³/mol. The molecule has 74 valence electrons. The van der Waals surface area contributed by atoms with Gasteiger partial charge in [0, 0.05) is 13.1 Å². The quantitative estimate of drug-likeness (QED) is 0.718. The molecule has 0 radical (unpaired) electrons. The molecule has 0 amide bonds. The summed E-state index contributed by atoms with van der Waals surface area (Å²) in [5.41, 5.74) is 0. The largest absolute Gasteiger partial charge is 0.354 e. The number of nitrogens with zero attached hydrogens (tertiary/aromatic N) is 2. The van der Waals surface area contributed by atoms with Crippen molar-refractivity contribution in [2.45, 2.75) is 6.42 Å². The van der Waals surface area contributed by atoms with E-state index in [0.29, 0.717) is 10.4 Å². The summed E-state index contributed by atoms with van der Waals surface area (Å²) in [5, 5.41) is 0. The van der Waals surface area contributed by atoms with Crippen LogP contribution < -0.4 is 4.90 Å². The van der Waals surface area contributed by atoms with E-state index in [2.05, 4.69) is 25.8 Å². The Balaban J connectivity index is 1.91. The molecule has 1 aliphatic heterocycles. The third kappa shape index (κ3) is 1.32. The Morgan fingerprint density at radius 2 is 2.07 bits per heavy atom. The van der Waals surface area contributed by atoms with Gasteiger partial charge in [-0.15, -0.1) is 0 Å². The van der Waals surface area contributed by atoms with Gasteiger partial charge >= 0.3 is 0 Å². The first-order chi connectivity index (χ1) is 6.74. The standard InChI is InChI=1S/C10H10BrFN2/c11-9-2-1-8(12)10(13-9)14-4-6-3-7(6)5-14/h1-2,6-7H,3-5H2. The van der Waals surface area contributed by atoms with Crippen molar-refractivity contribution in [3.8, 4) is 0 Å². The van der Waals surface area contributed by atoms with Gasteiger partial charge in [0.1, 0.15) is 4.60 Å². The number of anilines is 1. The fraction of sp³-hybridized carbons (Fsp3) is 0.500. The molecule has 2 aliphatic rings. The van der Waals surface area contributed by atoms with Crippen LogP contribution in [0.3, 0.4) is 0 Å². The van der Waals surface area contributed by atoms with Crippen molar-refractivity contribution in [3.63, 3.8) is 0 Å². The van der Waals surface area contributed by atoms with E-state index in [0.717, 1.165) is 24.9 Å². The maximum Gasteiger partial charge on any atom is 0.166 e. The van der Waals surface area contributed by atoms with Gasteiger partial charge in [-0.2, -0.15) is 0 Å². The average Bonchev–Trinajstić information content (AvgIpc) is 2.78. The fourth-order valence-corrected chi connectivity index (χ4v) is 2.50. The van der Waals surface area contributed by atoms with Crippen molar-refractivity contribution in [1.29, 1.82) is 0 Å². The second kappa shape index (κ2) is 2.92. The Bertz CT molecular complexity index is 372. The minimum absolute atomic E-state index is 0.213. The van der Waals surface area contributed by atoms with Gasteiger partial charge in [-0.3, -0.25) is 0 Å². The first kappa shape index (κ1) is 8.65. The van der Waals surface area contributed by atoms with Gasteiger partial charge in [-0.05, 0) is 46.3 Å². The predicted octanol–water partition coefficient (Wildman–Crippen LogP) is 2.44. The zero-order chi connectivity index (χ0) is 9.71.